The Kier molecular flexibility index (Phi) is 6.79. The van der Waals surface area contributed by atoms with Crippen molar-refractivity contribution in [3.63, 3.8) is 0 Å². The van der Waals surface area contributed by atoms with Crippen LogP contribution in [0.2, 0.25) is 0 Å². The molecule has 0 spiro atoms. The maximum absolute atomic E-state index is 12.4. The molecule has 0 aliphatic carbocycles. The fourth-order valence-corrected chi connectivity index (χ4v) is 3.16. The van der Waals surface area contributed by atoms with Crippen LogP contribution in [0.5, 0.6) is 0 Å². The van der Waals surface area contributed by atoms with Gasteiger partial charge >= 0.3 is 5.97 Å². The largest absolute Gasteiger partial charge is 0.466 e. The second kappa shape index (κ2) is 8.83. The first-order chi connectivity index (χ1) is 11.5. The standard InChI is InChI=1S/C19H28N2O3/c1-4-24-19(23)15-8-7-11-21(12-15)13-18(22)20-17-10-6-5-9-16(17)14(2)3/h5-6,9-10,14-15H,4,7-8,11-13H2,1-3H3,(H,20,22)/t15-/m0/s1. The topological polar surface area (TPSA) is 58.6 Å². The van der Waals surface area contributed by atoms with Gasteiger partial charge in [-0.25, -0.2) is 0 Å². The van der Waals surface area contributed by atoms with Crippen LogP contribution in [0, 0.1) is 5.92 Å². The first-order valence-electron chi connectivity index (χ1n) is 8.79. The van der Waals surface area contributed by atoms with Gasteiger partial charge in [-0.15, -0.1) is 0 Å². The number of ether oxygens (including phenoxy) is 1. The molecule has 1 heterocycles. The van der Waals surface area contributed by atoms with Gasteiger partial charge in [0, 0.05) is 12.2 Å². The first-order valence-corrected chi connectivity index (χ1v) is 8.79. The second-order valence-corrected chi connectivity index (χ2v) is 6.62. The van der Waals surface area contributed by atoms with Crippen LogP contribution in [0.1, 0.15) is 45.1 Å². The Morgan fingerprint density at radius 2 is 2.08 bits per heavy atom. The number of nitrogens with zero attached hydrogens (tertiary/aromatic N) is 1. The molecule has 24 heavy (non-hydrogen) atoms. The van der Waals surface area contributed by atoms with E-state index in [9.17, 15) is 9.59 Å². The Hall–Kier alpha value is -1.88. The molecule has 132 valence electrons. The fraction of sp³-hybridized carbons (Fsp3) is 0.579. The summed E-state index contributed by atoms with van der Waals surface area (Å²) < 4.78 is 5.11. The van der Waals surface area contributed by atoms with Crippen LogP contribution in [-0.2, 0) is 14.3 Å². The highest BCUT2D eigenvalue weighted by atomic mass is 16.5. The van der Waals surface area contributed by atoms with E-state index < -0.39 is 0 Å². The molecule has 0 radical (unpaired) electrons. The molecule has 5 nitrogen and oxygen atoms in total. The van der Waals surface area contributed by atoms with Gasteiger partial charge in [0.15, 0.2) is 0 Å². The van der Waals surface area contributed by atoms with Crippen molar-refractivity contribution >= 4 is 17.6 Å². The van der Waals surface area contributed by atoms with E-state index in [0.717, 1.165) is 30.6 Å². The normalized spacial score (nSPS) is 18.4. The van der Waals surface area contributed by atoms with Crippen molar-refractivity contribution in [1.82, 2.24) is 4.90 Å². The lowest BCUT2D eigenvalue weighted by Crippen LogP contribution is -2.43. The molecule has 1 fully saturated rings. The van der Waals surface area contributed by atoms with Gasteiger partial charge < -0.3 is 10.1 Å². The number of carbonyl (C=O) groups is 2. The summed E-state index contributed by atoms with van der Waals surface area (Å²) in [6.45, 7) is 8.19. The smallest absolute Gasteiger partial charge is 0.310 e. The second-order valence-electron chi connectivity index (χ2n) is 6.62. The molecule has 0 saturated carbocycles. The number of esters is 1. The van der Waals surface area contributed by atoms with Crippen molar-refractivity contribution < 1.29 is 14.3 Å². The Labute approximate surface area is 144 Å². The van der Waals surface area contributed by atoms with Gasteiger partial charge in [-0.05, 0) is 43.9 Å². The molecule has 0 bridgehead atoms. The number of benzene rings is 1. The molecule has 1 aliphatic rings. The number of anilines is 1. The number of rotatable bonds is 6. The van der Waals surface area contributed by atoms with Gasteiger partial charge in [0.05, 0.1) is 19.1 Å². The minimum atomic E-state index is -0.146. The molecular weight excluding hydrogens is 304 g/mol. The summed E-state index contributed by atoms with van der Waals surface area (Å²) in [6, 6.07) is 7.89. The molecule has 0 unspecified atom stereocenters. The van der Waals surface area contributed by atoms with Crippen LogP contribution in [0.4, 0.5) is 5.69 Å². The molecule has 5 heteroatoms. The highest BCUT2D eigenvalue weighted by Gasteiger charge is 2.27. The third-order valence-electron chi connectivity index (χ3n) is 4.35. The van der Waals surface area contributed by atoms with Gasteiger partial charge in [-0.3, -0.25) is 14.5 Å². The monoisotopic (exact) mass is 332 g/mol. The number of carbonyl (C=O) groups excluding carboxylic acids is 2. The highest BCUT2D eigenvalue weighted by molar-refractivity contribution is 5.93. The molecule has 1 amide bonds. The van der Waals surface area contributed by atoms with Crippen LogP contribution in [0.3, 0.4) is 0 Å². The lowest BCUT2D eigenvalue weighted by Gasteiger charge is -2.31. The number of amides is 1. The van der Waals surface area contributed by atoms with Crippen LogP contribution in [0.15, 0.2) is 24.3 Å². The van der Waals surface area contributed by atoms with E-state index in [1.807, 2.05) is 36.1 Å². The van der Waals surface area contributed by atoms with Crippen LogP contribution < -0.4 is 5.32 Å². The summed E-state index contributed by atoms with van der Waals surface area (Å²) >= 11 is 0. The van der Waals surface area contributed by atoms with Crippen LogP contribution >= 0.6 is 0 Å². The molecule has 1 aliphatic heterocycles. The average Bonchev–Trinajstić information content (AvgIpc) is 2.55. The molecular formula is C19H28N2O3. The molecule has 1 aromatic rings. The van der Waals surface area contributed by atoms with E-state index in [2.05, 4.69) is 19.2 Å². The van der Waals surface area contributed by atoms with Gasteiger partial charge in [-0.2, -0.15) is 0 Å². The molecule has 1 aromatic carbocycles. The predicted octanol–water partition coefficient (Wildman–Crippen LogP) is 3.02. The molecule has 1 saturated heterocycles. The molecule has 1 atom stereocenters. The van der Waals surface area contributed by atoms with E-state index >= 15 is 0 Å². The summed E-state index contributed by atoms with van der Waals surface area (Å²) in [5.41, 5.74) is 2.00. The van der Waals surface area contributed by atoms with Crippen molar-refractivity contribution in [2.45, 2.75) is 39.5 Å². The van der Waals surface area contributed by atoms with Crippen molar-refractivity contribution in [1.29, 1.82) is 0 Å². The number of piperidine rings is 1. The summed E-state index contributed by atoms with van der Waals surface area (Å²) in [5.74, 6) is 0.0551. The van der Waals surface area contributed by atoms with Gasteiger partial charge in [0.1, 0.15) is 0 Å². The molecule has 0 aromatic heterocycles. The minimum Gasteiger partial charge on any atom is -0.466 e. The summed E-state index contributed by atoms with van der Waals surface area (Å²) in [4.78, 5) is 26.3. The molecule has 2 rings (SSSR count). The quantitative estimate of drug-likeness (QED) is 0.814. The lowest BCUT2D eigenvalue weighted by molar-refractivity contribution is -0.150. The van der Waals surface area contributed by atoms with Crippen LogP contribution in [-0.4, -0.2) is 43.0 Å². The Morgan fingerprint density at radius 1 is 1.33 bits per heavy atom. The molecule has 1 N–H and O–H groups in total. The maximum Gasteiger partial charge on any atom is 0.310 e. The van der Waals surface area contributed by atoms with E-state index in [-0.39, 0.29) is 17.8 Å². The summed E-state index contributed by atoms with van der Waals surface area (Å²) in [5, 5.41) is 3.01. The van der Waals surface area contributed by atoms with Crippen LogP contribution in [0.25, 0.3) is 0 Å². The van der Waals surface area contributed by atoms with Gasteiger partial charge in [0.2, 0.25) is 5.91 Å². The SMILES string of the molecule is CCOC(=O)[C@H]1CCCN(CC(=O)Nc2ccccc2C(C)C)C1. The highest BCUT2D eigenvalue weighted by Crippen LogP contribution is 2.24. The summed E-state index contributed by atoms with van der Waals surface area (Å²) in [7, 11) is 0. The zero-order valence-corrected chi connectivity index (χ0v) is 14.9. The average molecular weight is 332 g/mol. The Morgan fingerprint density at radius 3 is 2.79 bits per heavy atom. The Balaban J connectivity index is 1.91. The number of hydrogen-bond acceptors (Lipinski definition) is 4. The number of para-hydroxylation sites is 1. The van der Waals surface area contributed by atoms with Crippen molar-refractivity contribution in [2.24, 2.45) is 5.92 Å². The number of hydrogen-bond donors (Lipinski definition) is 1. The van der Waals surface area contributed by atoms with E-state index in [0.29, 0.717) is 25.6 Å². The van der Waals surface area contributed by atoms with Crippen molar-refractivity contribution in [3.8, 4) is 0 Å². The van der Waals surface area contributed by atoms with Gasteiger partial charge in [-0.1, -0.05) is 32.0 Å². The number of nitrogens with one attached hydrogen (secondary N) is 1. The van der Waals surface area contributed by atoms with E-state index in [4.69, 9.17) is 4.74 Å². The van der Waals surface area contributed by atoms with E-state index in [1.54, 1.807) is 0 Å². The number of likely N-dealkylation sites (tertiary alicyclic amines) is 1. The third kappa shape index (κ3) is 5.06. The fourth-order valence-electron chi connectivity index (χ4n) is 3.16. The zero-order chi connectivity index (χ0) is 17.5. The summed E-state index contributed by atoms with van der Waals surface area (Å²) in [6.07, 6.45) is 1.76. The predicted molar refractivity (Wildman–Crippen MR) is 95.0 cm³/mol. The Bertz CT molecular complexity index is 571. The van der Waals surface area contributed by atoms with Gasteiger partial charge in [0.25, 0.3) is 0 Å². The third-order valence-corrected chi connectivity index (χ3v) is 4.35. The minimum absolute atomic E-state index is 0.0346. The van der Waals surface area contributed by atoms with Crippen molar-refractivity contribution in [2.75, 3.05) is 31.6 Å². The lowest BCUT2D eigenvalue weighted by atomic mass is 9.98. The zero-order valence-electron chi connectivity index (χ0n) is 14.9. The maximum atomic E-state index is 12.4. The first kappa shape index (κ1) is 18.5. The van der Waals surface area contributed by atoms with E-state index in [1.165, 1.54) is 0 Å². The van der Waals surface area contributed by atoms with Crippen molar-refractivity contribution in [3.05, 3.63) is 29.8 Å².